The van der Waals surface area contributed by atoms with Crippen molar-refractivity contribution in [1.29, 1.82) is 0 Å². The maximum absolute atomic E-state index is 12.9. The molecule has 0 aliphatic carbocycles. The fourth-order valence-corrected chi connectivity index (χ4v) is 4.80. The van der Waals surface area contributed by atoms with Gasteiger partial charge < -0.3 is 5.32 Å². The van der Waals surface area contributed by atoms with E-state index in [1.165, 1.54) is 36.4 Å². The molecule has 3 aromatic carbocycles. The summed E-state index contributed by atoms with van der Waals surface area (Å²) in [5.74, 6) is -0.281. The number of anilines is 2. The molecule has 1 aliphatic rings. The number of nitrogens with one attached hydrogen (secondary N) is 2. The Morgan fingerprint density at radius 2 is 1.59 bits per heavy atom. The second-order valence-corrected chi connectivity index (χ2v) is 9.18. The minimum absolute atomic E-state index is 0.00937. The summed E-state index contributed by atoms with van der Waals surface area (Å²) in [7, 11) is -7.85. The zero-order valence-electron chi connectivity index (χ0n) is 13.6. The highest BCUT2D eigenvalue weighted by Crippen LogP contribution is 2.36. The van der Waals surface area contributed by atoms with Crippen molar-refractivity contribution < 1.29 is 21.6 Å². The van der Waals surface area contributed by atoms with Gasteiger partial charge in [-0.2, -0.15) is 0 Å². The number of nitrogens with two attached hydrogens (primary N) is 1. The molecule has 1 amide bonds. The molecule has 0 spiro atoms. The molecule has 0 aromatic heterocycles. The summed E-state index contributed by atoms with van der Waals surface area (Å²) < 4.78 is 50.7. The van der Waals surface area contributed by atoms with Gasteiger partial charge in [-0.05, 0) is 42.5 Å². The minimum atomic E-state index is -3.98. The summed E-state index contributed by atoms with van der Waals surface area (Å²) in [6, 6.07) is 12.9. The predicted octanol–water partition coefficient (Wildman–Crippen LogP) is 1.85. The van der Waals surface area contributed by atoms with Gasteiger partial charge in [-0.15, -0.1) is 0 Å². The molecule has 3 aromatic rings. The first kappa shape index (κ1) is 17.5. The van der Waals surface area contributed by atoms with Crippen LogP contribution in [0.3, 0.4) is 0 Å². The maximum atomic E-state index is 12.9. The van der Waals surface area contributed by atoms with Crippen molar-refractivity contribution in [3.63, 3.8) is 0 Å². The van der Waals surface area contributed by atoms with Crippen LogP contribution < -0.4 is 15.2 Å². The van der Waals surface area contributed by atoms with Gasteiger partial charge in [0.05, 0.1) is 9.79 Å². The van der Waals surface area contributed by atoms with Crippen LogP contribution in [0.2, 0.25) is 0 Å². The molecule has 4 rings (SSSR count). The number of carbonyl (C=O) groups excluding carboxylic acids is 1. The molecule has 1 aliphatic heterocycles. The van der Waals surface area contributed by atoms with E-state index < -0.39 is 20.0 Å². The van der Waals surface area contributed by atoms with Crippen LogP contribution in [-0.2, 0) is 20.0 Å². The molecule has 0 radical (unpaired) electrons. The van der Waals surface area contributed by atoms with Crippen LogP contribution in [0.4, 0.5) is 11.4 Å². The maximum Gasteiger partial charge on any atom is 0.262 e. The van der Waals surface area contributed by atoms with Crippen LogP contribution in [0.5, 0.6) is 0 Å². The smallest absolute Gasteiger partial charge is 0.262 e. The van der Waals surface area contributed by atoms with Crippen molar-refractivity contribution >= 4 is 48.1 Å². The Kier molecular flexibility index (Phi) is 3.74. The fourth-order valence-electron chi connectivity index (χ4n) is 3.02. The highest BCUT2D eigenvalue weighted by Gasteiger charge is 2.26. The Balaban J connectivity index is 1.78. The quantitative estimate of drug-likeness (QED) is 0.611. The molecule has 0 bridgehead atoms. The lowest BCUT2D eigenvalue weighted by molar-refractivity contribution is 0.103. The van der Waals surface area contributed by atoms with Crippen molar-refractivity contribution in [2.45, 2.75) is 9.79 Å². The summed E-state index contributed by atoms with van der Waals surface area (Å²) in [6.45, 7) is 0. The number of benzene rings is 3. The summed E-state index contributed by atoms with van der Waals surface area (Å²) in [6.07, 6.45) is 0. The van der Waals surface area contributed by atoms with Crippen molar-refractivity contribution in [2.24, 2.45) is 5.14 Å². The Labute approximate surface area is 155 Å². The van der Waals surface area contributed by atoms with Crippen molar-refractivity contribution in [2.75, 3.05) is 10.0 Å². The average molecular weight is 403 g/mol. The van der Waals surface area contributed by atoms with Crippen LogP contribution in [-0.4, -0.2) is 22.7 Å². The molecule has 0 unspecified atom stereocenters. The Bertz CT molecular complexity index is 1310. The Morgan fingerprint density at radius 1 is 0.889 bits per heavy atom. The predicted molar refractivity (Wildman–Crippen MR) is 101 cm³/mol. The monoisotopic (exact) mass is 403 g/mol. The zero-order valence-corrected chi connectivity index (χ0v) is 15.3. The molecule has 0 saturated carbocycles. The van der Waals surface area contributed by atoms with Crippen molar-refractivity contribution in [3.05, 3.63) is 60.2 Å². The topological polar surface area (TPSA) is 135 Å². The van der Waals surface area contributed by atoms with Crippen LogP contribution in [0, 0.1) is 0 Å². The Hall–Kier alpha value is -2.95. The second-order valence-electron chi connectivity index (χ2n) is 5.97. The second kappa shape index (κ2) is 5.78. The van der Waals surface area contributed by atoms with E-state index in [2.05, 4.69) is 10.0 Å². The standard InChI is InChI=1S/C17H13N3O5S2/c18-26(22,23)11-6-4-10(5-7-11)20-27(24,25)15-9-8-14-16-12(15)2-1-3-13(16)17(21)19-14/h1-9,20H,(H,19,21)(H2,18,22,23). The fraction of sp³-hybridized carbons (Fsp3) is 0. The molecule has 10 heteroatoms. The van der Waals surface area contributed by atoms with Gasteiger partial charge in [0, 0.05) is 27.7 Å². The van der Waals surface area contributed by atoms with E-state index in [1.54, 1.807) is 18.2 Å². The highest BCUT2D eigenvalue weighted by molar-refractivity contribution is 7.93. The summed E-state index contributed by atoms with van der Waals surface area (Å²) in [5, 5.41) is 8.69. The van der Waals surface area contributed by atoms with Crippen LogP contribution in [0.15, 0.2) is 64.4 Å². The average Bonchev–Trinajstić information content (AvgIpc) is 2.92. The molecule has 0 fully saturated rings. The molecule has 0 atom stereocenters. The molecule has 4 N–H and O–H groups in total. The third-order valence-corrected chi connectivity index (χ3v) is 6.59. The molecule has 1 heterocycles. The number of rotatable bonds is 4. The van der Waals surface area contributed by atoms with E-state index in [9.17, 15) is 21.6 Å². The van der Waals surface area contributed by atoms with E-state index in [-0.39, 0.29) is 21.4 Å². The lowest BCUT2D eigenvalue weighted by atomic mass is 10.1. The minimum Gasteiger partial charge on any atom is -0.321 e. The van der Waals surface area contributed by atoms with Gasteiger partial charge in [-0.3, -0.25) is 9.52 Å². The molecule has 138 valence electrons. The summed E-state index contributed by atoms with van der Waals surface area (Å²) in [5.41, 5.74) is 1.15. The highest BCUT2D eigenvalue weighted by atomic mass is 32.2. The summed E-state index contributed by atoms with van der Waals surface area (Å²) >= 11 is 0. The lowest BCUT2D eigenvalue weighted by Gasteiger charge is -2.11. The van der Waals surface area contributed by atoms with Gasteiger partial charge in [0.15, 0.2) is 0 Å². The van der Waals surface area contributed by atoms with Gasteiger partial charge in [0.1, 0.15) is 0 Å². The molecule has 8 nitrogen and oxygen atoms in total. The van der Waals surface area contributed by atoms with E-state index in [0.717, 1.165) is 0 Å². The van der Waals surface area contributed by atoms with E-state index in [4.69, 9.17) is 5.14 Å². The van der Waals surface area contributed by atoms with Crippen molar-refractivity contribution in [3.8, 4) is 0 Å². The number of amides is 1. The van der Waals surface area contributed by atoms with Gasteiger partial charge >= 0.3 is 0 Å². The number of hydrogen-bond acceptors (Lipinski definition) is 5. The first-order valence-corrected chi connectivity index (χ1v) is 10.7. The largest absolute Gasteiger partial charge is 0.321 e. The van der Waals surface area contributed by atoms with Gasteiger partial charge in [0.25, 0.3) is 15.9 Å². The van der Waals surface area contributed by atoms with Gasteiger partial charge in [-0.1, -0.05) is 12.1 Å². The molecular weight excluding hydrogens is 390 g/mol. The number of hydrogen-bond donors (Lipinski definition) is 3. The van der Waals surface area contributed by atoms with E-state index >= 15 is 0 Å². The zero-order chi connectivity index (χ0) is 19.4. The van der Waals surface area contributed by atoms with E-state index in [1.807, 2.05) is 0 Å². The van der Waals surface area contributed by atoms with Gasteiger partial charge in [0.2, 0.25) is 10.0 Å². The first-order chi connectivity index (χ1) is 12.7. The number of carbonyl (C=O) groups is 1. The van der Waals surface area contributed by atoms with E-state index in [0.29, 0.717) is 22.0 Å². The van der Waals surface area contributed by atoms with Crippen LogP contribution >= 0.6 is 0 Å². The number of primary sulfonamides is 1. The summed E-state index contributed by atoms with van der Waals surface area (Å²) in [4.78, 5) is 11.9. The van der Waals surface area contributed by atoms with Crippen LogP contribution in [0.25, 0.3) is 10.8 Å². The SMILES string of the molecule is NS(=O)(=O)c1ccc(NS(=O)(=O)c2ccc3c4c(cccc24)C(=O)N3)cc1. The lowest BCUT2D eigenvalue weighted by Crippen LogP contribution is -2.14. The van der Waals surface area contributed by atoms with Crippen molar-refractivity contribution in [1.82, 2.24) is 0 Å². The molecular formula is C17H13N3O5S2. The first-order valence-electron chi connectivity index (χ1n) is 7.69. The molecule has 27 heavy (non-hydrogen) atoms. The molecule has 0 saturated heterocycles. The van der Waals surface area contributed by atoms with Gasteiger partial charge in [-0.25, -0.2) is 22.0 Å². The normalized spacial score (nSPS) is 13.6. The Morgan fingerprint density at radius 3 is 2.26 bits per heavy atom. The third kappa shape index (κ3) is 2.93. The van der Waals surface area contributed by atoms with Crippen LogP contribution in [0.1, 0.15) is 10.4 Å². The number of sulfonamides is 2. The third-order valence-electron chi connectivity index (χ3n) is 4.22.